The molecule has 0 aliphatic carbocycles. The van der Waals surface area contributed by atoms with E-state index in [0.29, 0.717) is 0 Å². The minimum absolute atomic E-state index is 0.0163. The molecule has 0 atom stereocenters. The predicted molar refractivity (Wildman–Crippen MR) is 322 cm³/mol. The van der Waals surface area contributed by atoms with Crippen LogP contribution in [0.15, 0.2) is 72.8 Å². The molecule has 0 N–H and O–H groups in total. The molecule has 394 valence electrons. The third-order valence-electron chi connectivity index (χ3n) is 14.4. The van der Waals surface area contributed by atoms with E-state index in [1.807, 2.05) is 0 Å². The van der Waals surface area contributed by atoms with Crippen molar-refractivity contribution in [3.05, 3.63) is 116 Å². The lowest BCUT2D eigenvalue weighted by Crippen LogP contribution is -2.30. The van der Waals surface area contributed by atoms with E-state index in [0.717, 1.165) is 37.6 Å². The highest BCUT2D eigenvalue weighted by molar-refractivity contribution is 7.42. The highest BCUT2D eigenvalue weighted by Crippen LogP contribution is 2.47. The summed E-state index contributed by atoms with van der Waals surface area (Å²) in [6, 6.07) is 28.5. The molecular weight excluding hydrogens is 911 g/mol. The molecule has 0 amide bonds. The van der Waals surface area contributed by atoms with Gasteiger partial charge in [0.2, 0.25) is 0 Å². The van der Waals surface area contributed by atoms with Gasteiger partial charge in [-0.25, -0.2) is 0 Å². The van der Waals surface area contributed by atoms with Crippen molar-refractivity contribution < 1.29 is 9.47 Å². The molecule has 0 saturated heterocycles. The molecule has 0 aromatic heterocycles. The minimum Gasteiger partial charge on any atom is -0.494 e. The average molecular weight is 1010 g/mol. The van der Waals surface area contributed by atoms with Crippen LogP contribution in [0.3, 0.4) is 0 Å². The Morgan fingerprint density at radius 1 is 0.333 bits per heavy atom. The standard InChI is InChI=1S/C68H100O2P2/c1-21-23-25-27-29-31-41-69-51-37-33-47(34-38-51)57-58(48-35-39-52(40-36-48)70-42-32-30-28-26-24-22-2)62(72-60-55(67(15,16)17)45-50(64(6,7)8)46-56(60)68(18,19)20)61(57)71-59-53(65(9,10)11)43-49(63(3,4)5)44-54(59)66(12,13)14/h33-40,43-46H,21-32,41-42H2,1-20H3. The van der Waals surface area contributed by atoms with Gasteiger partial charge in [0.05, 0.1) is 13.2 Å². The largest absolute Gasteiger partial charge is 0.494 e. The van der Waals surface area contributed by atoms with Crippen LogP contribution < -0.4 is 20.1 Å². The van der Waals surface area contributed by atoms with Gasteiger partial charge in [-0.2, -0.15) is 0 Å². The number of hydrogen-bond donors (Lipinski definition) is 0. The summed E-state index contributed by atoms with van der Waals surface area (Å²) in [5, 5.41) is 2.91. The summed E-state index contributed by atoms with van der Waals surface area (Å²) in [6.45, 7) is 49.3. The van der Waals surface area contributed by atoms with Crippen LogP contribution in [-0.4, -0.2) is 13.2 Å². The lowest BCUT2D eigenvalue weighted by Gasteiger charge is -2.33. The van der Waals surface area contributed by atoms with Crippen molar-refractivity contribution in [1.82, 2.24) is 0 Å². The van der Waals surface area contributed by atoms with Gasteiger partial charge in [0.1, 0.15) is 11.5 Å². The molecule has 0 spiro atoms. The number of rotatable bonds is 20. The first-order valence-electron chi connectivity index (χ1n) is 28.2. The smallest absolute Gasteiger partial charge is 0.119 e. The molecule has 5 aromatic rings. The second-order valence-electron chi connectivity index (χ2n) is 27.3. The normalized spacial score (nSPS) is 13.7. The Labute approximate surface area is 445 Å². The Morgan fingerprint density at radius 3 is 0.847 bits per heavy atom. The Morgan fingerprint density at radius 2 is 0.597 bits per heavy atom. The molecule has 0 unspecified atom stereocenters. The van der Waals surface area contributed by atoms with E-state index in [1.54, 1.807) is 0 Å². The first-order chi connectivity index (χ1) is 33.5. The maximum Gasteiger partial charge on any atom is 0.119 e. The van der Waals surface area contributed by atoms with Gasteiger partial charge in [0.25, 0.3) is 0 Å². The van der Waals surface area contributed by atoms with Gasteiger partial charge in [-0.1, -0.05) is 268 Å². The summed E-state index contributed by atoms with van der Waals surface area (Å²) < 4.78 is 12.9. The van der Waals surface area contributed by atoms with E-state index in [9.17, 15) is 0 Å². The van der Waals surface area contributed by atoms with E-state index in [1.165, 1.54) is 157 Å². The number of unbranched alkanes of at least 4 members (excludes halogenated alkanes) is 10. The molecule has 0 saturated carbocycles. The molecule has 0 fully saturated rings. The van der Waals surface area contributed by atoms with Crippen molar-refractivity contribution in [3.63, 3.8) is 0 Å². The second-order valence-corrected chi connectivity index (χ2v) is 29.5. The predicted octanol–water partition coefficient (Wildman–Crippen LogP) is 20.8. The zero-order valence-electron chi connectivity index (χ0n) is 49.5. The van der Waals surface area contributed by atoms with E-state index >= 15 is 0 Å². The summed E-state index contributed by atoms with van der Waals surface area (Å²) in [4.78, 5) is 2.85. The molecule has 5 aromatic carbocycles. The van der Waals surface area contributed by atoms with Gasteiger partial charge in [-0.05, 0) is 114 Å². The van der Waals surface area contributed by atoms with Gasteiger partial charge < -0.3 is 9.47 Å². The van der Waals surface area contributed by atoms with Crippen LogP contribution >= 0.6 is 16.4 Å². The topological polar surface area (TPSA) is 18.5 Å². The zero-order chi connectivity index (χ0) is 53.5. The molecule has 0 bridgehead atoms. The molecule has 72 heavy (non-hydrogen) atoms. The fraction of sp³-hybridized carbons (Fsp3) is 0.588. The lowest BCUT2D eigenvalue weighted by molar-refractivity contribution is 0.304. The molecule has 0 radical (unpaired) electrons. The summed E-state index contributed by atoms with van der Waals surface area (Å²) >= 11 is 0. The highest BCUT2D eigenvalue weighted by Gasteiger charge is 2.32. The third kappa shape index (κ3) is 15.8. The third-order valence-corrected chi connectivity index (χ3v) is 17.3. The zero-order valence-corrected chi connectivity index (χ0v) is 51.3. The van der Waals surface area contributed by atoms with Crippen LogP contribution in [-0.2, 0) is 32.5 Å². The molecule has 0 heterocycles. The number of ether oxygens (including phenoxy) is 2. The Kier molecular flexibility index (Phi) is 20.2. The van der Waals surface area contributed by atoms with Gasteiger partial charge in [0, 0.05) is 31.6 Å². The van der Waals surface area contributed by atoms with Crippen molar-refractivity contribution in [1.29, 1.82) is 0 Å². The van der Waals surface area contributed by atoms with Gasteiger partial charge in [0.15, 0.2) is 0 Å². The first-order valence-corrected chi connectivity index (χ1v) is 30.0. The average Bonchev–Trinajstić information content (AvgIpc) is 3.27. The highest BCUT2D eigenvalue weighted by atomic mass is 31.1. The van der Waals surface area contributed by atoms with Crippen molar-refractivity contribution in [2.45, 2.75) is 248 Å². The van der Waals surface area contributed by atoms with Crippen LogP contribution in [0, 0.1) is 9.88 Å². The van der Waals surface area contributed by atoms with E-state index < -0.39 is 0 Å². The summed E-state index contributed by atoms with van der Waals surface area (Å²) in [7, 11) is 2.50. The fourth-order valence-corrected chi connectivity index (χ4v) is 13.6. The molecule has 0 aliphatic rings. The SMILES string of the molecule is CCCCCCCCOc1ccc(-c2c(-c3ccc(OCCCCCCCC)cc3)c(=Pc3c(C(C)(C)C)cc(C(C)(C)C)cc3C(C)(C)C)c2=Pc2c(C(C)(C)C)cc(C(C)(C)C)cc2C(C)(C)C)cc1. The molecule has 4 heteroatoms. The van der Waals surface area contributed by atoms with E-state index in [4.69, 9.17) is 9.47 Å². The molecule has 5 rings (SSSR count). The van der Waals surface area contributed by atoms with Gasteiger partial charge >= 0.3 is 0 Å². The van der Waals surface area contributed by atoms with Crippen LogP contribution in [0.1, 0.15) is 249 Å². The van der Waals surface area contributed by atoms with Gasteiger partial charge in [-0.15, -0.1) is 0 Å². The van der Waals surface area contributed by atoms with E-state index in [2.05, 4.69) is 211 Å². The monoisotopic (exact) mass is 1010 g/mol. The van der Waals surface area contributed by atoms with Crippen molar-refractivity contribution in [2.24, 2.45) is 0 Å². The summed E-state index contributed by atoms with van der Waals surface area (Å²) in [5.41, 5.74) is 13.6. The second kappa shape index (κ2) is 24.5. The van der Waals surface area contributed by atoms with Crippen LogP contribution in [0.2, 0.25) is 0 Å². The van der Waals surface area contributed by atoms with Crippen LogP contribution in [0.4, 0.5) is 0 Å². The van der Waals surface area contributed by atoms with Crippen molar-refractivity contribution in [3.8, 4) is 33.8 Å². The molecular formula is C68H100O2P2. The Bertz CT molecular complexity index is 2370. The van der Waals surface area contributed by atoms with E-state index in [-0.39, 0.29) is 32.5 Å². The number of hydrogen-bond acceptors (Lipinski definition) is 2. The number of benzene rings is 4. The molecule has 2 nitrogen and oxygen atoms in total. The maximum absolute atomic E-state index is 6.43. The fourth-order valence-electron chi connectivity index (χ4n) is 9.66. The van der Waals surface area contributed by atoms with Crippen LogP contribution in [0.5, 0.6) is 11.5 Å². The molecule has 0 aliphatic heterocycles. The van der Waals surface area contributed by atoms with Crippen LogP contribution in [0.25, 0.3) is 22.3 Å². The van der Waals surface area contributed by atoms with Crippen molar-refractivity contribution in [2.75, 3.05) is 13.2 Å². The minimum atomic E-state index is -0.0690. The summed E-state index contributed by atoms with van der Waals surface area (Å²) in [5.74, 6) is 1.90. The lowest BCUT2D eigenvalue weighted by atomic mass is 9.75. The van der Waals surface area contributed by atoms with Crippen molar-refractivity contribution >= 4 is 27.0 Å². The maximum atomic E-state index is 6.43. The quantitative estimate of drug-likeness (QED) is 0.0571. The Hall–Kier alpha value is -3.44. The Balaban J connectivity index is 1.91. The van der Waals surface area contributed by atoms with Gasteiger partial charge in [-0.3, -0.25) is 0 Å². The summed E-state index contributed by atoms with van der Waals surface area (Å²) in [6.07, 6.45) is 15.1. The first kappa shape index (κ1) is 59.4.